The van der Waals surface area contributed by atoms with Crippen LogP contribution in [0.5, 0.6) is 0 Å². The Labute approximate surface area is 113 Å². The predicted molar refractivity (Wildman–Crippen MR) is 77.6 cm³/mol. The van der Waals surface area contributed by atoms with Crippen LogP contribution in [0.4, 0.5) is 10.1 Å². The smallest absolute Gasteiger partial charge is 0.147 e. The van der Waals surface area contributed by atoms with Crippen molar-refractivity contribution in [2.75, 3.05) is 11.9 Å². The average molecular weight is 266 g/mol. The summed E-state index contributed by atoms with van der Waals surface area (Å²) in [5.41, 5.74) is 6.73. The maximum atomic E-state index is 14.1. The van der Waals surface area contributed by atoms with Gasteiger partial charge in [-0.3, -0.25) is 0 Å². The van der Waals surface area contributed by atoms with Crippen molar-refractivity contribution in [2.24, 2.45) is 5.73 Å². The minimum atomic E-state index is -0.242. The summed E-state index contributed by atoms with van der Waals surface area (Å²) in [7, 11) is 1.97. The number of rotatable bonds is 3. The molecule has 0 atom stereocenters. The molecule has 2 nitrogen and oxygen atoms in total. The molecule has 1 fully saturated rings. The van der Waals surface area contributed by atoms with Crippen LogP contribution in [0.2, 0.25) is 0 Å². The Kier molecular flexibility index (Phi) is 4.17. The molecule has 0 bridgehead atoms. The zero-order valence-corrected chi connectivity index (χ0v) is 11.5. The molecule has 18 heavy (non-hydrogen) atoms. The minimum Gasteiger partial charge on any atom is -0.389 e. The number of nitrogens with zero attached hydrogens (tertiary/aromatic N) is 1. The molecule has 1 aromatic carbocycles. The molecule has 1 saturated carbocycles. The third-order valence-corrected chi connectivity index (χ3v) is 3.97. The van der Waals surface area contributed by atoms with E-state index in [0.29, 0.717) is 17.3 Å². The highest BCUT2D eigenvalue weighted by Crippen LogP contribution is 2.28. The van der Waals surface area contributed by atoms with Crippen molar-refractivity contribution in [1.29, 1.82) is 0 Å². The van der Waals surface area contributed by atoms with Crippen LogP contribution in [0.15, 0.2) is 18.2 Å². The summed E-state index contributed by atoms with van der Waals surface area (Å²) in [6.07, 6.45) is 6.07. The van der Waals surface area contributed by atoms with Crippen LogP contribution in [0.1, 0.15) is 37.7 Å². The third-order valence-electron chi connectivity index (χ3n) is 3.73. The lowest BCUT2D eigenvalue weighted by Crippen LogP contribution is -2.34. The van der Waals surface area contributed by atoms with Gasteiger partial charge in [-0.05, 0) is 31.0 Å². The molecule has 0 unspecified atom stereocenters. The van der Waals surface area contributed by atoms with Crippen LogP contribution >= 0.6 is 12.2 Å². The molecule has 98 valence electrons. The topological polar surface area (TPSA) is 29.3 Å². The molecular weight excluding hydrogens is 247 g/mol. The van der Waals surface area contributed by atoms with E-state index in [1.54, 1.807) is 12.1 Å². The quantitative estimate of drug-likeness (QED) is 0.852. The first-order chi connectivity index (χ1) is 8.59. The lowest BCUT2D eigenvalue weighted by molar-refractivity contribution is 0.424. The monoisotopic (exact) mass is 266 g/mol. The molecule has 0 aliphatic heterocycles. The van der Waals surface area contributed by atoms with Gasteiger partial charge in [0.05, 0.1) is 5.69 Å². The highest BCUT2D eigenvalue weighted by atomic mass is 32.1. The maximum absolute atomic E-state index is 14.1. The molecule has 1 aromatic rings. The summed E-state index contributed by atoms with van der Waals surface area (Å²) < 4.78 is 14.1. The van der Waals surface area contributed by atoms with Crippen LogP contribution in [0.25, 0.3) is 0 Å². The molecule has 2 rings (SSSR count). The molecule has 0 aromatic heterocycles. The second kappa shape index (κ2) is 5.65. The molecule has 2 N–H and O–H groups in total. The zero-order chi connectivity index (χ0) is 13.1. The summed E-state index contributed by atoms with van der Waals surface area (Å²) in [6, 6.07) is 5.44. The molecule has 0 spiro atoms. The average Bonchev–Trinajstić information content (AvgIpc) is 2.38. The third kappa shape index (κ3) is 2.80. The first-order valence-electron chi connectivity index (χ1n) is 6.42. The molecule has 1 aliphatic rings. The lowest BCUT2D eigenvalue weighted by atomic mass is 9.94. The second-order valence-corrected chi connectivity index (χ2v) is 5.37. The highest BCUT2D eigenvalue weighted by Gasteiger charge is 2.20. The highest BCUT2D eigenvalue weighted by molar-refractivity contribution is 7.80. The van der Waals surface area contributed by atoms with E-state index in [0.717, 1.165) is 12.8 Å². The van der Waals surface area contributed by atoms with E-state index >= 15 is 0 Å². The van der Waals surface area contributed by atoms with E-state index in [9.17, 15) is 4.39 Å². The molecule has 0 amide bonds. The van der Waals surface area contributed by atoms with Gasteiger partial charge in [-0.25, -0.2) is 4.39 Å². The van der Waals surface area contributed by atoms with Gasteiger partial charge >= 0.3 is 0 Å². The Bertz CT molecular complexity index is 441. The SMILES string of the molecule is CN(c1ccc(C(N)=S)cc1F)C1CCCCC1. The summed E-state index contributed by atoms with van der Waals surface area (Å²) in [6.45, 7) is 0. The van der Waals surface area contributed by atoms with Crippen molar-refractivity contribution in [2.45, 2.75) is 38.1 Å². The number of anilines is 1. The Morgan fingerprint density at radius 3 is 2.56 bits per heavy atom. The molecule has 1 aliphatic carbocycles. The molecule has 0 saturated heterocycles. The first kappa shape index (κ1) is 13.3. The Hall–Kier alpha value is -1.16. The van der Waals surface area contributed by atoms with Crippen molar-refractivity contribution < 1.29 is 4.39 Å². The minimum absolute atomic E-state index is 0.237. The normalized spacial score (nSPS) is 16.6. The number of benzene rings is 1. The van der Waals surface area contributed by atoms with Crippen molar-refractivity contribution >= 4 is 22.9 Å². The lowest BCUT2D eigenvalue weighted by Gasteiger charge is -2.33. The van der Waals surface area contributed by atoms with Gasteiger partial charge in [0, 0.05) is 18.7 Å². The van der Waals surface area contributed by atoms with Crippen LogP contribution in [-0.4, -0.2) is 18.1 Å². The van der Waals surface area contributed by atoms with E-state index < -0.39 is 0 Å². The fourth-order valence-corrected chi connectivity index (χ4v) is 2.74. The largest absolute Gasteiger partial charge is 0.389 e. The van der Waals surface area contributed by atoms with Crippen LogP contribution in [0.3, 0.4) is 0 Å². The van der Waals surface area contributed by atoms with Crippen LogP contribution in [0, 0.1) is 5.82 Å². The van der Waals surface area contributed by atoms with Crippen LogP contribution < -0.4 is 10.6 Å². The van der Waals surface area contributed by atoms with Gasteiger partial charge < -0.3 is 10.6 Å². The summed E-state index contributed by atoms with van der Waals surface area (Å²) in [4.78, 5) is 2.29. The Morgan fingerprint density at radius 2 is 2.00 bits per heavy atom. The van der Waals surface area contributed by atoms with E-state index in [1.165, 1.54) is 25.3 Å². The van der Waals surface area contributed by atoms with E-state index in [2.05, 4.69) is 4.90 Å². The van der Waals surface area contributed by atoms with Gasteiger partial charge in [-0.1, -0.05) is 31.5 Å². The first-order valence-corrected chi connectivity index (χ1v) is 6.82. The van der Waals surface area contributed by atoms with E-state index in [4.69, 9.17) is 18.0 Å². The van der Waals surface area contributed by atoms with E-state index in [-0.39, 0.29) is 10.8 Å². The number of halogens is 1. The Morgan fingerprint density at radius 1 is 1.33 bits per heavy atom. The van der Waals surface area contributed by atoms with Crippen molar-refractivity contribution in [3.05, 3.63) is 29.6 Å². The van der Waals surface area contributed by atoms with Crippen molar-refractivity contribution in [3.8, 4) is 0 Å². The van der Waals surface area contributed by atoms with Gasteiger partial charge in [-0.15, -0.1) is 0 Å². The van der Waals surface area contributed by atoms with Gasteiger partial charge in [-0.2, -0.15) is 0 Å². The molecule has 4 heteroatoms. The summed E-state index contributed by atoms with van der Waals surface area (Å²) in [5, 5.41) is 0. The van der Waals surface area contributed by atoms with Crippen LogP contribution in [-0.2, 0) is 0 Å². The zero-order valence-electron chi connectivity index (χ0n) is 10.7. The van der Waals surface area contributed by atoms with Gasteiger partial charge in [0.2, 0.25) is 0 Å². The van der Waals surface area contributed by atoms with Gasteiger partial charge in [0.25, 0.3) is 0 Å². The van der Waals surface area contributed by atoms with Gasteiger partial charge in [0.1, 0.15) is 10.8 Å². The fraction of sp³-hybridized carbons (Fsp3) is 0.500. The number of nitrogens with two attached hydrogens (primary N) is 1. The van der Waals surface area contributed by atoms with Crippen molar-refractivity contribution in [3.63, 3.8) is 0 Å². The maximum Gasteiger partial charge on any atom is 0.147 e. The summed E-state index contributed by atoms with van der Waals surface area (Å²) in [5.74, 6) is -0.242. The van der Waals surface area contributed by atoms with E-state index in [1.807, 2.05) is 7.05 Å². The fourth-order valence-electron chi connectivity index (χ4n) is 2.61. The van der Waals surface area contributed by atoms with Crippen molar-refractivity contribution in [1.82, 2.24) is 0 Å². The number of hydrogen-bond donors (Lipinski definition) is 1. The second-order valence-electron chi connectivity index (χ2n) is 4.93. The molecule has 0 radical (unpaired) electrons. The molecular formula is C14H19FN2S. The number of hydrogen-bond acceptors (Lipinski definition) is 2. The predicted octanol–water partition coefficient (Wildman–Crippen LogP) is 3.23. The van der Waals surface area contributed by atoms with Gasteiger partial charge in [0.15, 0.2) is 0 Å². The number of thiocarbonyl (C=S) groups is 1. The Balaban J connectivity index is 2.19. The standard InChI is InChI=1S/C14H19FN2S/c1-17(11-5-3-2-4-6-11)13-8-7-10(14(16)18)9-12(13)15/h7-9,11H,2-6H2,1H3,(H2,16,18). The summed E-state index contributed by atoms with van der Waals surface area (Å²) >= 11 is 4.85. The molecule has 0 heterocycles.